The van der Waals surface area contributed by atoms with Gasteiger partial charge in [-0.3, -0.25) is 0 Å². The van der Waals surface area contributed by atoms with E-state index < -0.39 is 9.84 Å². The minimum absolute atomic E-state index is 0.0193. The first-order valence-corrected chi connectivity index (χ1v) is 8.55. The standard InChI is InChI=1S/C13H17N3O3S/c17-7-6-16-12(10-3-2-8-20(18,19)9-10)15-11-4-1-5-14-13(11)16/h1,4-5,10,17H,2-3,6-9H2. The van der Waals surface area contributed by atoms with Gasteiger partial charge in [0.15, 0.2) is 15.5 Å². The molecule has 1 aliphatic rings. The highest BCUT2D eigenvalue weighted by atomic mass is 32.2. The van der Waals surface area contributed by atoms with Gasteiger partial charge in [0.25, 0.3) is 0 Å². The molecule has 1 atom stereocenters. The molecule has 0 aromatic carbocycles. The summed E-state index contributed by atoms with van der Waals surface area (Å²) in [5.41, 5.74) is 1.46. The van der Waals surface area contributed by atoms with Gasteiger partial charge in [0.1, 0.15) is 11.3 Å². The van der Waals surface area contributed by atoms with Crippen molar-refractivity contribution in [2.45, 2.75) is 25.3 Å². The molecular weight excluding hydrogens is 278 g/mol. The van der Waals surface area contributed by atoms with Gasteiger partial charge in [-0.1, -0.05) is 0 Å². The van der Waals surface area contributed by atoms with E-state index in [4.69, 9.17) is 0 Å². The number of aliphatic hydroxyl groups is 1. The van der Waals surface area contributed by atoms with E-state index in [-0.39, 0.29) is 24.0 Å². The number of imidazole rings is 1. The second-order valence-electron chi connectivity index (χ2n) is 5.14. The van der Waals surface area contributed by atoms with Crippen molar-refractivity contribution in [2.75, 3.05) is 18.1 Å². The zero-order valence-corrected chi connectivity index (χ0v) is 11.9. The molecule has 1 unspecified atom stereocenters. The number of rotatable bonds is 3. The lowest BCUT2D eigenvalue weighted by atomic mass is 10.0. The molecule has 20 heavy (non-hydrogen) atoms. The van der Waals surface area contributed by atoms with Crippen molar-refractivity contribution in [1.82, 2.24) is 14.5 Å². The van der Waals surface area contributed by atoms with Gasteiger partial charge in [0, 0.05) is 18.7 Å². The van der Waals surface area contributed by atoms with Crippen molar-refractivity contribution in [3.8, 4) is 0 Å². The fraction of sp³-hybridized carbons (Fsp3) is 0.538. The first-order valence-electron chi connectivity index (χ1n) is 6.73. The second kappa shape index (κ2) is 5.14. The third kappa shape index (κ3) is 2.43. The van der Waals surface area contributed by atoms with Crippen LogP contribution in [0, 0.1) is 0 Å². The van der Waals surface area contributed by atoms with E-state index in [1.165, 1.54) is 0 Å². The Morgan fingerprint density at radius 1 is 1.45 bits per heavy atom. The largest absolute Gasteiger partial charge is 0.395 e. The Morgan fingerprint density at radius 2 is 2.30 bits per heavy atom. The maximum absolute atomic E-state index is 11.8. The van der Waals surface area contributed by atoms with Gasteiger partial charge in [-0.2, -0.15) is 0 Å². The SMILES string of the molecule is O=S1(=O)CCCC(c2nc3cccnc3n2CCO)C1. The van der Waals surface area contributed by atoms with E-state index in [2.05, 4.69) is 9.97 Å². The average Bonchev–Trinajstić information content (AvgIpc) is 2.77. The minimum atomic E-state index is -2.99. The van der Waals surface area contributed by atoms with Crippen LogP contribution in [0.3, 0.4) is 0 Å². The Balaban J connectivity index is 2.08. The van der Waals surface area contributed by atoms with Gasteiger partial charge < -0.3 is 9.67 Å². The molecule has 2 aromatic rings. The summed E-state index contributed by atoms with van der Waals surface area (Å²) < 4.78 is 25.5. The van der Waals surface area contributed by atoms with E-state index in [9.17, 15) is 13.5 Å². The number of hydrogen-bond donors (Lipinski definition) is 1. The molecule has 1 N–H and O–H groups in total. The second-order valence-corrected chi connectivity index (χ2v) is 7.37. The summed E-state index contributed by atoms with van der Waals surface area (Å²) in [4.78, 5) is 8.84. The maximum Gasteiger partial charge on any atom is 0.160 e. The van der Waals surface area contributed by atoms with Crippen molar-refractivity contribution in [3.05, 3.63) is 24.2 Å². The number of hydrogen-bond acceptors (Lipinski definition) is 5. The van der Waals surface area contributed by atoms with Gasteiger partial charge in [0.05, 0.1) is 18.1 Å². The molecule has 0 saturated carbocycles. The summed E-state index contributed by atoms with van der Waals surface area (Å²) in [6.07, 6.45) is 3.16. The molecule has 0 spiro atoms. The van der Waals surface area contributed by atoms with Crippen LogP contribution >= 0.6 is 0 Å². The van der Waals surface area contributed by atoms with E-state index >= 15 is 0 Å². The van der Waals surface area contributed by atoms with E-state index in [1.54, 1.807) is 12.3 Å². The molecule has 0 bridgehead atoms. The maximum atomic E-state index is 11.8. The average molecular weight is 295 g/mol. The molecule has 7 heteroatoms. The first-order chi connectivity index (χ1) is 9.61. The highest BCUT2D eigenvalue weighted by Crippen LogP contribution is 2.29. The summed E-state index contributed by atoms with van der Waals surface area (Å²) in [6, 6.07) is 3.66. The van der Waals surface area contributed by atoms with Crippen LogP contribution < -0.4 is 0 Å². The van der Waals surface area contributed by atoms with Crippen LogP contribution in [0.4, 0.5) is 0 Å². The van der Waals surface area contributed by atoms with E-state index in [0.29, 0.717) is 18.6 Å². The molecule has 108 valence electrons. The van der Waals surface area contributed by atoms with Crippen molar-refractivity contribution >= 4 is 21.0 Å². The van der Waals surface area contributed by atoms with Crippen molar-refractivity contribution in [2.24, 2.45) is 0 Å². The summed E-state index contributed by atoms with van der Waals surface area (Å²) in [6.45, 7) is 0.369. The van der Waals surface area contributed by atoms with Crippen LogP contribution in [-0.4, -0.2) is 46.2 Å². The first kappa shape index (κ1) is 13.5. The lowest BCUT2D eigenvalue weighted by molar-refractivity contribution is 0.274. The Labute approximate surface area is 117 Å². The summed E-state index contributed by atoms with van der Waals surface area (Å²) in [5.74, 6) is 1.04. The summed E-state index contributed by atoms with van der Waals surface area (Å²) in [5, 5.41) is 9.23. The number of nitrogens with zero attached hydrogens (tertiary/aromatic N) is 3. The van der Waals surface area contributed by atoms with Crippen LogP contribution in [0.1, 0.15) is 24.6 Å². The third-order valence-electron chi connectivity index (χ3n) is 3.69. The Bertz CT molecular complexity index is 724. The lowest BCUT2D eigenvalue weighted by Gasteiger charge is -2.22. The van der Waals surface area contributed by atoms with Gasteiger partial charge in [0.2, 0.25) is 0 Å². The predicted molar refractivity (Wildman–Crippen MR) is 75.2 cm³/mol. The van der Waals surface area contributed by atoms with Gasteiger partial charge in [-0.25, -0.2) is 18.4 Å². The molecule has 0 amide bonds. The van der Waals surface area contributed by atoms with Crippen LogP contribution in [-0.2, 0) is 16.4 Å². The van der Waals surface area contributed by atoms with Crippen molar-refractivity contribution < 1.29 is 13.5 Å². The molecular formula is C13H17N3O3S. The quantitative estimate of drug-likeness (QED) is 0.901. The highest BCUT2D eigenvalue weighted by molar-refractivity contribution is 7.91. The van der Waals surface area contributed by atoms with Crippen LogP contribution in [0.2, 0.25) is 0 Å². The fourth-order valence-corrected chi connectivity index (χ4v) is 4.54. The number of aliphatic hydroxyl groups excluding tert-OH is 1. The Hall–Kier alpha value is -1.47. The van der Waals surface area contributed by atoms with E-state index in [1.807, 2.05) is 10.6 Å². The number of pyridine rings is 1. The Morgan fingerprint density at radius 3 is 3.05 bits per heavy atom. The lowest BCUT2D eigenvalue weighted by Crippen LogP contribution is -2.26. The zero-order chi connectivity index (χ0) is 14.2. The molecule has 2 aromatic heterocycles. The normalized spacial score (nSPS) is 22.1. The molecule has 3 rings (SSSR count). The zero-order valence-electron chi connectivity index (χ0n) is 11.1. The highest BCUT2D eigenvalue weighted by Gasteiger charge is 2.29. The molecule has 1 fully saturated rings. The summed E-state index contributed by atoms with van der Waals surface area (Å²) in [7, 11) is -2.99. The van der Waals surface area contributed by atoms with Crippen LogP contribution in [0.15, 0.2) is 18.3 Å². The molecule has 1 saturated heterocycles. The molecule has 0 aliphatic carbocycles. The minimum Gasteiger partial charge on any atom is -0.395 e. The van der Waals surface area contributed by atoms with Gasteiger partial charge >= 0.3 is 0 Å². The summed E-state index contributed by atoms with van der Waals surface area (Å²) >= 11 is 0. The monoisotopic (exact) mass is 295 g/mol. The predicted octanol–water partition coefficient (Wildman–Crippen LogP) is 0.716. The smallest absolute Gasteiger partial charge is 0.160 e. The van der Waals surface area contributed by atoms with Gasteiger partial charge in [-0.15, -0.1) is 0 Å². The van der Waals surface area contributed by atoms with E-state index in [0.717, 1.165) is 17.8 Å². The van der Waals surface area contributed by atoms with Crippen LogP contribution in [0.25, 0.3) is 11.2 Å². The number of fused-ring (bicyclic) bond motifs is 1. The molecule has 0 radical (unpaired) electrons. The molecule has 1 aliphatic heterocycles. The molecule has 3 heterocycles. The topological polar surface area (TPSA) is 85.1 Å². The molecule has 6 nitrogen and oxygen atoms in total. The van der Waals surface area contributed by atoms with Crippen molar-refractivity contribution in [3.63, 3.8) is 0 Å². The Kier molecular flexibility index (Phi) is 3.47. The fourth-order valence-electron chi connectivity index (χ4n) is 2.83. The van der Waals surface area contributed by atoms with Gasteiger partial charge in [-0.05, 0) is 25.0 Å². The van der Waals surface area contributed by atoms with Crippen LogP contribution in [0.5, 0.6) is 0 Å². The number of sulfone groups is 1. The van der Waals surface area contributed by atoms with Crippen molar-refractivity contribution in [1.29, 1.82) is 0 Å². The number of aromatic nitrogens is 3. The third-order valence-corrected chi connectivity index (χ3v) is 5.51.